The van der Waals surface area contributed by atoms with Gasteiger partial charge in [-0.15, -0.1) is 0 Å². The van der Waals surface area contributed by atoms with E-state index in [1.165, 1.54) is 6.07 Å². The summed E-state index contributed by atoms with van der Waals surface area (Å²) in [7, 11) is 1.57. The molecule has 0 amide bonds. The largest absolute Gasteiger partial charge is 0.494 e. The lowest BCUT2D eigenvalue weighted by molar-refractivity contribution is -0.136. The molecular formula is C16H18N2O4. The minimum absolute atomic E-state index is 0.0998. The van der Waals surface area contributed by atoms with Gasteiger partial charge in [-0.2, -0.15) is 5.10 Å². The van der Waals surface area contributed by atoms with Gasteiger partial charge in [0.25, 0.3) is 0 Å². The topological polar surface area (TPSA) is 81.4 Å². The van der Waals surface area contributed by atoms with Crippen LogP contribution in [0.25, 0.3) is 5.69 Å². The van der Waals surface area contributed by atoms with Gasteiger partial charge in [0.15, 0.2) is 0 Å². The third-order valence-electron chi connectivity index (χ3n) is 3.32. The van der Waals surface area contributed by atoms with Gasteiger partial charge < -0.3 is 9.84 Å². The van der Waals surface area contributed by atoms with Crippen LogP contribution < -0.4 is 10.2 Å². The molecule has 0 fully saturated rings. The van der Waals surface area contributed by atoms with E-state index < -0.39 is 5.97 Å². The molecule has 0 atom stereocenters. The molecule has 1 aromatic carbocycles. The van der Waals surface area contributed by atoms with Gasteiger partial charge in [0.05, 0.1) is 13.5 Å². The van der Waals surface area contributed by atoms with Crippen molar-refractivity contribution < 1.29 is 14.6 Å². The van der Waals surface area contributed by atoms with E-state index in [1.807, 2.05) is 25.1 Å². The van der Waals surface area contributed by atoms with Crippen LogP contribution in [0.4, 0.5) is 0 Å². The number of aromatic nitrogens is 2. The first kappa shape index (κ1) is 15.8. The van der Waals surface area contributed by atoms with Crippen LogP contribution in [0.15, 0.2) is 29.1 Å². The Hall–Kier alpha value is -2.63. The number of aryl methyl sites for hydroxylation is 3. The van der Waals surface area contributed by atoms with Crippen molar-refractivity contribution in [3.05, 3.63) is 51.4 Å². The maximum atomic E-state index is 12.0. The van der Waals surface area contributed by atoms with Gasteiger partial charge in [-0.25, -0.2) is 4.68 Å². The van der Waals surface area contributed by atoms with Crippen LogP contribution in [-0.2, 0) is 11.2 Å². The lowest BCUT2D eigenvalue weighted by atomic mass is 10.2. The highest BCUT2D eigenvalue weighted by molar-refractivity contribution is 5.66. The standard InChI is InChI=1S/C16H18N2O4/c1-10-4-6-15(22-3)13(8-10)18-11(2)9-14(19)12(17-18)5-7-16(20)21/h4,6,8-9H,5,7H2,1-3H3,(H,20,21). The maximum absolute atomic E-state index is 12.0. The number of ether oxygens (including phenoxy) is 1. The molecule has 0 aliphatic rings. The van der Waals surface area contributed by atoms with Gasteiger partial charge in [-0.05, 0) is 31.5 Å². The second-order valence-corrected chi connectivity index (χ2v) is 5.08. The molecule has 2 aromatic rings. The number of benzene rings is 1. The van der Waals surface area contributed by atoms with Crippen molar-refractivity contribution in [3.63, 3.8) is 0 Å². The molecule has 0 saturated heterocycles. The smallest absolute Gasteiger partial charge is 0.303 e. The van der Waals surface area contributed by atoms with Gasteiger partial charge in [-0.1, -0.05) is 6.07 Å². The van der Waals surface area contributed by atoms with Crippen LogP contribution in [0.3, 0.4) is 0 Å². The summed E-state index contributed by atoms with van der Waals surface area (Å²) in [4.78, 5) is 22.7. The molecule has 0 aliphatic carbocycles. The fraction of sp³-hybridized carbons (Fsp3) is 0.312. The molecule has 2 rings (SSSR count). The van der Waals surface area contributed by atoms with E-state index in [0.29, 0.717) is 11.4 Å². The van der Waals surface area contributed by atoms with Crippen LogP contribution in [0, 0.1) is 13.8 Å². The average molecular weight is 302 g/mol. The Morgan fingerprint density at radius 2 is 2.05 bits per heavy atom. The quantitative estimate of drug-likeness (QED) is 0.912. The Morgan fingerprint density at radius 3 is 2.68 bits per heavy atom. The zero-order chi connectivity index (χ0) is 16.3. The van der Waals surface area contributed by atoms with Gasteiger partial charge in [-0.3, -0.25) is 9.59 Å². The zero-order valence-electron chi connectivity index (χ0n) is 12.8. The summed E-state index contributed by atoms with van der Waals surface area (Å²) in [5, 5.41) is 13.1. The van der Waals surface area contributed by atoms with Gasteiger partial charge in [0, 0.05) is 18.2 Å². The minimum Gasteiger partial charge on any atom is -0.494 e. The average Bonchev–Trinajstić information content (AvgIpc) is 2.46. The fourth-order valence-corrected chi connectivity index (χ4v) is 2.19. The highest BCUT2D eigenvalue weighted by Gasteiger charge is 2.12. The molecule has 0 unspecified atom stereocenters. The summed E-state index contributed by atoms with van der Waals surface area (Å²) in [6.45, 7) is 3.73. The van der Waals surface area contributed by atoms with Gasteiger partial charge >= 0.3 is 5.97 Å². The first-order chi connectivity index (χ1) is 10.4. The van der Waals surface area contributed by atoms with E-state index in [9.17, 15) is 9.59 Å². The van der Waals surface area contributed by atoms with E-state index in [1.54, 1.807) is 18.7 Å². The van der Waals surface area contributed by atoms with Crippen LogP contribution in [0.2, 0.25) is 0 Å². The predicted octanol–water partition coefficient (Wildman–Crippen LogP) is 1.88. The molecule has 1 aromatic heterocycles. The molecule has 0 bridgehead atoms. The molecular weight excluding hydrogens is 284 g/mol. The third-order valence-corrected chi connectivity index (χ3v) is 3.32. The molecule has 22 heavy (non-hydrogen) atoms. The number of carboxylic acid groups (broad SMARTS) is 1. The Morgan fingerprint density at radius 1 is 1.32 bits per heavy atom. The summed E-state index contributed by atoms with van der Waals surface area (Å²) in [6, 6.07) is 7.13. The van der Waals surface area contributed by atoms with Crippen molar-refractivity contribution in [1.82, 2.24) is 9.78 Å². The highest BCUT2D eigenvalue weighted by Crippen LogP contribution is 2.24. The van der Waals surface area contributed by atoms with E-state index in [4.69, 9.17) is 9.84 Å². The number of aliphatic carboxylic acids is 1. The van der Waals surface area contributed by atoms with Crippen molar-refractivity contribution in [2.24, 2.45) is 0 Å². The Kier molecular flexibility index (Phi) is 4.60. The molecule has 6 heteroatoms. The molecule has 116 valence electrons. The van der Waals surface area contributed by atoms with Crippen LogP contribution in [-0.4, -0.2) is 28.0 Å². The lowest BCUT2D eigenvalue weighted by Crippen LogP contribution is -2.20. The molecule has 1 heterocycles. The zero-order valence-corrected chi connectivity index (χ0v) is 12.8. The second kappa shape index (κ2) is 6.43. The summed E-state index contributed by atoms with van der Waals surface area (Å²) in [6.07, 6.45) is -0.0289. The SMILES string of the molecule is COc1ccc(C)cc1-n1nc(CCC(=O)O)c(=O)cc1C. The van der Waals surface area contributed by atoms with E-state index >= 15 is 0 Å². The number of methoxy groups -OCH3 is 1. The van der Waals surface area contributed by atoms with Crippen molar-refractivity contribution in [3.8, 4) is 11.4 Å². The minimum atomic E-state index is -0.957. The van der Waals surface area contributed by atoms with E-state index in [-0.39, 0.29) is 24.0 Å². The first-order valence-corrected chi connectivity index (χ1v) is 6.89. The third kappa shape index (κ3) is 3.33. The molecule has 0 radical (unpaired) electrons. The van der Waals surface area contributed by atoms with Crippen molar-refractivity contribution >= 4 is 5.97 Å². The van der Waals surface area contributed by atoms with Crippen LogP contribution >= 0.6 is 0 Å². The Bertz CT molecular complexity index is 765. The fourth-order valence-electron chi connectivity index (χ4n) is 2.19. The molecule has 6 nitrogen and oxygen atoms in total. The van der Waals surface area contributed by atoms with Crippen molar-refractivity contribution in [2.75, 3.05) is 7.11 Å². The number of carbonyl (C=O) groups is 1. The summed E-state index contributed by atoms with van der Waals surface area (Å²) in [5.74, 6) is -0.324. The number of hydrogen-bond acceptors (Lipinski definition) is 4. The predicted molar refractivity (Wildman–Crippen MR) is 81.8 cm³/mol. The molecule has 0 aliphatic heterocycles. The summed E-state index contributed by atoms with van der Waals surface area (Å²) < 4.78 is 6.96. The van der Waals surface area contributed by atoms with Crippen LogP contribution in [0.5, 0.6) is 5.75 Å². The molecule has 0 saturated carbocycles. The number of hydrogen-bond donors (Lipinski definition) is 1. The number of carboxylic acids is 1. The Labute approximate surface area is 128 Å². The number of rotatable bonds is 5. The highest BCUT2D eigenvalue weighted by atomic mass is 16.5. The lowest BCUT2D eigenvalue weighted by Gasteiger charge is -2.15. The van der Waals surface area contributed by atoms with Crippen LogP contribution in [0.1, 0.15) is 23.4 Å². The van der Waals surface area contributed by atoms with Gasteiger partial charge in [0.2, 0.25) is 5.43 Å². The normalized spacial score (nSPS) is 10.5. The summed E-state index contributed by atoms with van der Waals surface area (Å²) >= 11 is 0. The monoisotopic (exact) mass is 302 g/mol. The summed E-state index contributed by atoms with van der Waals surface area (Å²) in [5.41, 5.74) is 2.39. The Balaban J connectivity index is 2.55. The second-order valence-electron chi connectivity index (χ2n) is 5.08. The molecule has 1 N–H and O–H groups in total. The first-order valence-electron chi connectivity index (χ1n) is 6.89. The molecule has 0 spiro atoms. The van der Waals surface area contributed by atoms with E-state index in [0.717, 1.165) is 11.3 Å². The van der Waals surface area contributed by atoms with Crippen molar-refractivity contribution in [1.29, 1.82) is 0 Å². The van der Waals surface area contributed by atoms with Gasteiger partial charge in [0.1, 0.15) is 17.1 Å². The van der Waals surface area contributed by atoms with E-state index in [2.05, 4.69) is 5.10 Å². The maximum Gasteiger partial charge on any atom is 0.303 e. The van der Waals surface area contributed by atoms with Crippen molar-refractivity contribution in [2.45, 2.75) is 26.7 Å². The number of nitrogens with zero attached hydrogens (tertiary/aromatic N) is 2.